The Morgan fingerprint density at radius 1 is 0.553 bits per heavy atom. The second-order valence-electron chi connectivity index (χ2n) is 8.35. The van der Waals surface area contributed by atoms with Crippen LogP contribution in [0.3, 0.4) is 0 Å². The third-order valence-electron chi connectivity index (χ3n) is 6.58. The molecule has 0 spiro atoms. The minimum Gasteiger partial charge on any atom is -0.478 e. The molecule has 0 aromatic heterocycles. The van der Waals surface area contributed by atoms with Gasteiger partial charge in [-0.2, -0.15) is 0 Å². The van der Waals surface area contributed by atoms with E-state index in [0.717, 1.165) is 0 Å². The van der Waals surface area contributed by atoms with E-state index in [9.17, 15) is 29.4 Å². The van der Waals surface area contributed by atoms with Crippen LogP contribution in [0.4, 0.5) is 0 Å². The van der Waals surface area contributed by atoms with Crippen LogP contribution in [0.15, 0.2) is 24.3 Å². The molecule has 0 saturated carbocycles. The molecule has 0 fully saturated rings. The highest BCUT2D eigenvalue weighted by molar-refractivity contribution is 6.57. The van der Waals surface area contributed by atoms with Gasteiger partial charge in [0.25, 0.3) is 11.8 Å². The number of hydrogen-bond donors (Lipinski definition) is 4. The van der Waals surface area contributed by atoms with Gasteiger partial charge in [0.15, 0.2) is 0 Å². The van der Waals surface area contributed by atoms with E-state index in [1.165, 1.54) is 38.4 Å². The van der Waals surface area contributed by atoms with Crippen molar-refractivity contribution < 1.29 is 29.4 Å². The van der Waals surface area contributed by atoms with Crippen LogP contribution in [0, 0.1) is 0 Å². The number of fused-ring (bicyclic) bond motifs is 2. The minimum absolute atomic E-state index is 0.0519. The molecule has 8 nitrogen and oxygen atoms in total. The van der Waals surface area contributed by atoms with E-state index < -0.39 is 23.8 Å². The van der Waals surface area contributed by atoms with Crippen LogP contribution in [0.5, 0.6) is 0 Å². The van der Waals surface area contributed by atoms with Crippen molar-refractivity contribution in [2.24, 2.45) is 0 Å². The third kappa shape index (κ3) is 3.31. The molecule has 4 N–H and O–H groups in total. The smallest absolute Gasteiger partial charge is 0.336 e. The molecule has 0 aliphatic heterocycles. The first-order valence-electron chi connectivity index (χ1n) is 10.8. The summed E-state index contributed by atoms with van der Waals surface area (Å²) in [4.78, 5) is 50.4. The van der Waals surface area contributed by atoms with Crippen LogP contribution in [-0.2, 0) is 0 Å². The molecular formula is C26H14Cl4N2O6. The number of aromatic carboxylic acids is 2. The van der Waals surface area contributed by atoms with Gasteiger partial charge in [0.05, 0.1) is 42.3 Å². The topological polar surface area (TPSA) is 133 Å². The molecule has 5 rings (SSSR count). The summed E-state index contributed by atoms with van der Waals surface area (Å²) in [5.41, 5.74) is -0.729. The van der Waals surface area contributed by atoms with Crippen molar-refractivity contribution >= 4 is 113 Å². The van der Waals surface area contributed by atoms with Crippen LogP contribution in [0.1, 0.15) is 41.4 Å². The SMILES string of the molecule is CNC(=O)c1c(Cl)c(Cl)c2c3ccc(C(=O)O)c4c(C(=O)O)ccc(c5c(Cl)c(Cl)c(C(=O)NC)c1c25)c43. The zero-order valence-electron chi connectivity index (χ0n) is 19.3. The predicted octanol–water partition coefficient (Wildman–Crippen LogP) is 6.47. The van der Waals surface area contributed by atoms with Gasteiger partial charge in [-0.05, 0) is 28.3 Å². The van der Waals surface area contributed by atoms with E-state index in [1.807, 2.05) is 0 Å². The van der Waals surface area contributed by atoms with Crippen molar-refractivity contribution in [3.63, 3.8) is 0 Å². The van der Waals surface area contributed by atoms with Gasteiger partial charge in [0.2, 0.25) is 0 Å². The summed E-state index contributed by atoms with van der Waals surface area (Å²) in [5.74, 6) is -3.97. The number of hydrogen-bond acceptors (Lipinski definition) is 4. The number of amides is 2. The number of carboxylic acid groups (broad SMARTS) is 2. The lowest BCUT2D eigenvalue weighted by molar-refractivity contribution is 0.0695. The van der Waals surface area contributed by atoms with Crippen molar-refractivity contribution in [3.8, 4) is 0 Å². The Balaban J connectivity index is 2.29. The third-order valence-corrected chi connectivity index (χ3v) is 8.29. The Bertz CT molecular complexity index is 1810. The van der Waals surface area contributed by atoms with Crippen LogP contribution >= 0.6 is 46.4 Å². The van der Waals surface area contributed by atoms with Crippen LogP contribution in [0.2, 0.25) is 20.1 Å². The van der Waals surface area contributed by atoms with Gasteiger partial charge in [-0.25, -0.2) is 9.59 Å². The molecule has 0 bridgehead atoms. The number of carbonyl (C=O) groups excluding carboxylic acids is 2. The normalized spacial score (nSPS) is 11.5. The van der Waals surface area contributed by atoms with Gasteiger partial charge in [-0.15, -0.1) is 0 Å². The number of halogens is 4. The molecule has 12 heteroatoms. The maximum absolute atomic E-state index is 13.1. The Morgan fingerprint density at radius 3 is 1.29 bits per heavy atom. The number of rotatable bonds is 4. The molecule has 192 valence electrons. The molecule has 0 atom stereocenters. The summed E-state index contributed by atoms with van der Waals surface area (Å²) >= 11 is 26.9. The summed E-state index contributed by atoms with van der Waals surface area (Å²) in [6.45, 7) is 0. The lowest BCUT2D eigenvalue weighted by atomic mass is 9.84. The highest BCUT2D eigenvalue weighted by atomic mass is 35.5. The Morgan fingerprint density at radius 2 is 0.947 bits per heavy atom. The Hall–Kier alpha value is -3.56. The summed E-state index contributed by atoms with van der Waals surface area (Å²) in [7, 11) is 2.76. The van der Waals surface area contributed by atoms with Gasteiger partial charge in [-0.3, -0.25) is 9.59 Å². The van der Waals surface area contributed by atoms with Crippen molar-refractivity contribution in [2.45, 2.75) is 0 Å². The maximum atomic E-state index is 13.1. The molecule has 0 aliphatic rings. The molecule has 0 unspecified atom stereocenters. The average molecular weight is 592 g/mol. The zero-order chi connectivity index (χ0) is 27.8. The van der Waals surface area contributed by atoms with Crippen LogP contribution < -0.4 is 10.6 Å². The van der Waals surface area contributed by atoms with Crippen LogP contribution in [-0.4, -0.2) is 48.1 Å². The second-order valence-corrected chi connectivity index (χ2v) is 9.86. The standard InChI is InChI=1S/C26H14Cl4N2O6/c1-31-23(33)17-16-15-13(19(27)21(17)29)7-3-5-9(25(35)36)12-10(26(37)38)6-4-8(11(7)12)14(15)20(28)22(30)18(16)24(34)32-2/h3-6H,1-2H3,(H,31,33)(H,32,34)(H,35,36)(H,37,38). The van der Waals surface area contributed by atoms with Crippen molar-refractivity contribution in [3.05, 3.63) is 66.6 Å². The molecule has 5 aromatic carbocycles. The minimum atomic E-state index is -1.34. The maximum Gasteiger partial charge on any atom is 0.336 e. The number of nitrogens with one attached hydrogen (secondary N) is 2. The lowest BCUT2D eigenvalue weighted by Gasteiger charge is -2.23. The van der Waals surface area contributed by atoms with E-state index in [1.54, 1.807) is 0 Å². The average Bonchev–Trinajstić information content (AvgIpc) is 2.89. The quantitative estimate of drug-likeness (QED) is 0.140. The lowest BCUT2D eigenvalue weighted by Crippen LogP contribution is -2.23. The monoisotopic (exact) mass is 590 g/mol. The molecule has 0 aliphatic carbocycles. The zero-order valence-corrected chi connectivity index (χ0v) is 22.4. The van der Waals surface area contributed by atoms with Crippen molar-refractivity contribution in [1.29, 1.82) is 0 Å². The van der Waals surface area contributed by atoms with Crippen molar-refractivity contribution in [1.82, 2.24) is 10.6 Å². The van der Waals surface area contributed by atoms with E-state index in [4.69, 9.17) is 46.4 Å². The molecule has 38 heavy (non-hydrogen) atoms. The summed E-state index contributed by atoms with van der Waals surface area (Å²) in [6.07, 6.45) is 0. The number of carbonyl (C=O) groups is 4. The first-order valence-corrected chi connectivity index (χ1v) is 12.4. The highest BCUT2D eigenvalue weighted by Gasteiger charge is 2.32. The van der Waals surface area contributed by atoms with Gasteiger partial charge in [0.1, 0.15) is 0 Å². The van der Waals surface area contributed by atoms with Gasteiger partial charge in [0, 0.05) is 41.0 Å². The first kappa shape index (κ1) is 26.1. The summed E-state index contributed by atoms with van der Waals surface area (Å²) in [5, 5.41) is 26.0. The van der Waals surface area contributed by atoms with Gasteiger partial charge >= 0.3 is 11.9 Å². The predicted molar refractivity (Wildman–Crippen MR) is 148 cm³/mol. The van der Waals surface area contributed by atoms with Crippen molar-refractivity contribution in [2.75, 3.05) is 14.1 Å². The fraction of sp³-hybridized carbons (Fsp3) is 0.0769. The molecular weight excluding hydrogens is 578 g/mol. The number of benzene rings is 5. The molecule has 0 radical (unpaired) electrons. The Kier molecular flexibility index (Phi) is 6.19. The number of carboxylic acids is 2. The molecule has 5 aromatic rings. The molecule has 0 saturated heterocycles. The Labute approximate surface area is 233 Å². The molecule has 0 heterocycles. The molecule has 2 amide bonds. The largest absolute Gasteiger partial charge is 0.478 e. The van der Waals surface area contributed by atoms with Gasteiger partial charge < -0.3 is 20.8 Å². The summed E-state index contributed by atoms with van der Waals surface area (Å²) in [6, 6.07) is 5.48. The first-order chi connectivity index (χ1) is 18.0. The highest BCUT2D eigenvalue weighted by Crippen LogP contribution is 2.52. The van der Waals surface area contributed by atoms with Gasteiger partial charge in [-0.1, -0.05) is 58.5 Å². The van der Waals surface area contributed by atoms with E-state index in [0.29, 0.717) is 10.8 Å². The van der Waals surface area contributed by atoms with E-state index in [2.05, 4.69) is 10.6 Å². The fourth-order valence-electron chi connectivity index (χ4n) is 5.08. The second kappa shape index (κ2) is 9.03. The summed E-state index contributed by atoms with van der Waals surface area (Å²) < 4.78 is 0. The van der Waals surface area contributed by atoms with Crippen LogP contribution in [0.25, 0.3) is 43.1 Å². The fourth-order valence-corrected chi connectivity index (χ4v) is 6.21. The van der Waals surface area contributed by atoms with E-state index in [-0.39, 0.29) is 74.7 Å². The van der Waals surface area contributed by atoms with E-state index >= 15 is 0 Å².